The summed E-state index contributed by atoms with van der Waals surface area (Å²) in [6, 6.07) is 26.1. The Bertz CT molecular complexity index is 1300. The van der Waals surface area contributed by atoms with Gasteiger partial charge in [0, 0.05) is 17.2 Å². The highest BCUT2D eigenvalue weighted by molar-refractivity contribution is 6.03. The zero-order valence-corrected chi connectivity index (χ0v) is 16.9. The highest BCUT2D eigenvalue weighted by Gasteiger charge is 2.39. The summed E-state index contributed by atoms with van der Waals surface area (Å²) in [6.45, 7) is 1.64. The third kappa shape index (κ3) is 2.53. The molecule has 30 heavy (non-hydrogen) atoms. The molecule has 0 fully saturated rings. The number of benzene rings is 4. The molecule has 0 spiro atoms. The lowest BCUT2D eigenvalue weighted by molar-refractivity contribution is 0.101. The predicted octanol–water partition coefficient (Wildman–Crippen LogP) is 7.02. The van der Waals surface area contributed by atoms with E-state index in [1.165, 1.54) is 32.7 Å². The number of anilines is 1. The monoisotopic (exact) mass is 389 g/mol. The average molecular weight is 389 g/mol. The van der Waals surface area contributed by atoms with Gasteiger partial charge in [-0.05, 0) is 76.2 Å². The number of fused-ring (bicyclic) bond motifs is 5. The van der Waals surface area contributed by atoms with Crippen LogP contribution in [-0.2, 0) is 0 Å². The maximum atomic E-state index is 12.0. The van der Waals surface area contributed by atoms with Crippen LogP contribution < -0.4 is 5.32 Å². The summed E-state index contributed by atoms with van der Waals surface area (Å²) in [7, 11) is 0. The van der Waals surface area contributed by atoms with E-state index in [-0.39, 0.29) is 11.8 Å². The summed E-state index contributed by atoms with van der Waals surface area (Å²) >= 11 is 0. The molecule has 2 heteroatoms. The molecule has 0 aromatic heterocycles. The Kier molecular flexibility index (Phi) is 3.82. The first-order valence-electron chi connectivity index (χ1n) is 10.7. The lowest BCUT2D eigenvalue weighted by atomic mass is 9.74. The Morgan fingerprint density at radius 1 is 0.900 bits per heavy atom. The third-order valence-electron chi connectivity index (χ3n) is 6.89. The lowest BCUT2D eigenvalue weighted by Crippen LogP contribution is -2.29. The van der Waals surface area contributed by atoms with Crippen LogP contribution in [0.15, 0.2) is 84.9 Å². The Balaban J connectivity index is 1.60. The fourth-order valence-electron chi connectivity index (χ4n) is 5.48. The van der Waals surface area contributed by atoms with Crippen LogP contribution in [-0.4, -0.2) is 5.78 Å². The van der Waals surface area contributed by atoms with Gasteiger partial charge in [-0.15, -0.1) is 0 Å². The molecule has 0 unspecified atom stereocenters. The third-order valence-corrected chi connectivity index (χ3v) is 6.89. The van der Waals surface area contributed by atoms with E-state index < -0.39 is 0 Å². The molecule has 0 bridgehead atoms. The van der Waals surface area contributed by atoms with Crippen LogP contribution in [0.5, 0.6) is 0 Å². The molecule has 0 saturated heterocycles. The van der Waals surface area contributed by atoms with Crippen molar-refractivity contribution in [2.75, 3.05) is 5.32 Å². The Morgan fingerprint density at radius 2 is 1.60 bits per heavy atom. The van der Waals surface area contributed by atoms with Crippen LogP contribution in [0.25, 0.3) is 21.5 Å². The molecule has 2 aliphatic rings. The standard InChI is InChI=1S/C28H23NO/c1-17(30)18-13-14-26-25(16-18)23-11-6-12-24(23)28(29-26)27-21-9-4-2-7-19(21)15-20-8-3-5-10-22(20)27/h2-11,13-16,23-24,28-29H,12H2,1H3/t23-,24+,28-/m1/s1. The van der Waals surface area contributed by atoms with Gasteiger partial charge in [-0.25, -0.2) is 0 Å². The minimum absolute atomic E-state index is 0.124. The molecule has 1 heterocycles. The lowest BCUT2D eigenvalue weighted by Gasteiger charge is -2.38. The normalized spacial score (nSPS) is 22.0. The van der Waals surface area contributed by atoms with Gasteiger partial charge in [0.2, 0.25) is 0 Å². The highest BCUT2D eigenvalue weighted by atomic mass is 16.1. The largest absolute Gasteiger partial charge is 0.378 e. The highest BCUT2D eigenvalue weighted by Crippen LogP contribution is 2.52. The number of hydrogen-bond donors (Lipinski definition) is 1. The van der Waals surface area contributed by atoms with Crippen molar-refractivity contribution in [2.24, 2.45) is 5.92 Å². The second-order valence-electron chi connectivity index (χ2n) is 8.57. The number of rotatable bonds is 2. The average Bonchev–Trinajstić information content (AvgIpc) is 3.27. The molecule has 4 aromatic rings. The van der Waals surface area contributed by atoms with E-state index in [0.717, 1.165) is 17.7 Å². The predicted molar refractivity (Wildman–Crippen MR) is 124 cm³/mol. The van der Waals surface area contributed by atoms with E-state index in [0.29, 0.717) is 11.8 Å². The number of carbonyl (C=O) groups excluding carboxylic acids is 1. The van der Waals surface area contributed by atoms with E-state index in [9.17, 15) is 4.79 Å². The molecule has 0 radical (unpaired) electrons. The second-order valence-corrected chi connectivity index (χ2v) is 8.57. The smallest absolute Gasteiger partial charge is 0.159 e. The number of nitrogens with one attached hydrogen (secondary N) is 1. The molecule has 1 aliphatic carbocycles. The quantitative estimate of drug-likeness (QED) is 0.227. The Labute approximate surface area is 176 Å². The zero-order valence-electron chi connectivity index (χ0n) is 16.9. The van der Waals surface area contributed by atoms with Gasteiger partial charge >= 0.3 is 0 Å². The second kappa shape index (κ2) is 6.56. The van der Waals surface area contributed by atoms with Crippen LogP contribution in [0.3, 0.4) is 0 Å². The van der Waals surface area contributed by atoms with E-state index >= 15 is 0 Å². The Hall–Kier alpha value is -3.39. The van der Waals surface area contributed by atoms with E-state index in [1.807, 2.05) is 6.07 Å². The molecule has 146 valence electrons. The van der Waals surface area contributed by atoms with Crippen molar-refractivity contribution in [3.8, 4) is 0 Å². The SMILES string of the molecule is CC(=O)c1ccc2c(c1)[C@@H]1C=CC[C@@H]1[C@H](c1c3ccccc3cc3ccccc13)N2. The summed E-state index contributed by atoms with van der Waals surface area (Å²) in [5.74, 6) is 0.899. The van der Waals surface area contributed by atoms with Crippen molar-refractivity contribution >= 4 is 33.0 Å². The van der Waals surface area contributed by atoms with Gasteiger partial charge in [0.1, 0.15) is 0 Å². The number of hydrogen-bond acceptors (Lipinski definition) is 2. The zero-order chi connectivity index (χ0) is 20.2. The van der Waals surface area contributed by atoms with Crippen molar-refractivity contribution in [1.29, 1.82) is 0 Å². The summed E-state index contributed by atoms with van der Waals surface area (Å²) < 4.78 is 0. The van der Waals surface area contributed by atoms with Crippen molar-refractivity contribution in [1.82, 2.24) is 0 Å². The van der Waals surface area contributed by atoms with Crippen LogP contribution in [0.1, 0.15) is 46.8 Å². The van der Waals surface area contributed by atoms with Gasteiger partial charge in [-0.1, -0.05) is 60.7 Å². The van der Waals surface area contributed by atoms with Crippen molar-refractivity contribution in [3.63, 3.8) is 0 Å². The van der Waals surface area contributed by atoms with Gasteiger partial charge in [0.15, 0.2) is 5.78 Å². The first-order valence-corrected chi connectivity index (χ1v) is 10.7. The number of carbonyl (C=O) groups is 1. The Morgan fingerprint density at radius 3 is 2.30 bits per heavy atom. The fourth-order valence-corrected chi connectivity index (χ4v) is 5.48. The number of allylic oxidation sites excluding steroid dienone is 2. The van der Waals surface area contributed by atoms with Crippen molar-refractivity contribution in [2.45, 2.75) is 25.3 Å². The molecule has 0 saturated carbocycles. The van der Waals surface area contributed by atoms with Crippen LogP contribution in [0, 0.1) is 5.92 Å². The van der Waals surface area contributed by atoms with Crippen LogP contribution in [0.2, 0.25) is 0 Å². The molecule has 1 N–H and O–H groups in total. The molecular formula is C28H23NO. The summed E-state index contributed by atoms with van der Waals surface area (Å²) in [6.07, 6.45) is 5.70. The minimum atomic E-state index is 0.124. The van der Waals surface area contributed by atoms with Crippen molar-refractivity contribution in [3.05, 3.63) is 102 Å². The van der Waals surface area contributed by atoms with Crippen molar-refractivity contribution < 1.29 is 4.79 Å². The minimum Gasteiger partial charge on any atom is -0.378 e. The molecule has 2 nitrogen and oxygen atoms in total. The molecule has 4 aromatic carbocycles. The van der Waals surface area contributed by atoms with Gasteiger partial charge < -0.3 is 5.32 Å². The van der Waals surface area contributed by atoms with E-state index in [1.54, 1.807) is 6.92 Å². The summed E-state index contributed by atoms with van der Waals surface area (Å²) in [5.41, 5.74) is 4.59. The molecule has 1 aliphatic heterocycles. The van der Waals surface area contributed by atoms with E-state index in [4.69, 9.17) is 0 Å². The van der Waals surface area contributed by atoms with Gasteiger partial charge in [-0.2, -0.15) is 0 Å². The maximum absolute atomic E-state index is 12.0. The topological polar surface area (TPSA) is 29.1 Å². The number of Topliss-reactive ketones (excluding diaryl/α,β-unsaturated/α-hetero) is 1. The van der Waals surface area contributed by atoms with Crippen LogP contribution in [0.4, 0.5) is 5.69 Å². The van der Waals surface area contributed by atoms with Gasteiger partial charge in [0.05, 0.1) is 6.04 Å². The van der Waals surface area contributed by atoms with Gasteiger partial charge in [0.25, 0.3) is 0 Å². The molecule has 3 atom stereocenters. The van der Waals surface area contributed by atoms with E-state index in [2.05, 4.69) is 84.2 Å². The molecular weight excluding hydrogens is 366 g/mol. The fraction of sp³-hybridized carbons (Fsp3) is 0.179. The number of ketones is 1. The summed E-state index contributed by atoms with van der Waals surface area (Å²) in [5, 5.41) is 9.10. The molecule has 0 amide bonds. The first kappa shape index (κ1) is 17.5. The molecule has 6 rings (SSSR count). The van der Waals surface area contributed by atoms with Gasteiger partial charge in [-0.3, -0.25) is 4.79 Å². The first-order chi connectivity index (χ1) is 14.7. The maximum Gasteiger partial charge on any atom is 0.159 e. The summed E-state index contributed by atoms with van der Waals surface area (Å²) in [4.78, 5) is 12.0. The van der Waals surface area contributed by atoms with Crippen LogP contribution >= 0.6 is 0 Å².